The Morgan fingerprint density at radius 3 is 2.52 bits per heavy atom. The predicted molar refractivity (Wildman–Crippen MR) is 88.8 cm³/mol. The minimum Gasteiger partial charge on any atom is -0.480 e. The number of carboxylic acid groups (broad SMARTS) is 1. The highest BCUT2D eigenvalue weighted by atomic mass is 127. The van der Waals surface area contributed by atoms with Crippen LogP contribution in [0.4, 0.5) is 10.5 Å². The lowest BCUT2D eigenvalue weighted by Crippen LogP contribution is -2.51. The summed E-state index contributed by atoms with van der Waals surface area (Å²) in [5.41, 5.74) is 0.579. The van der Waals surface area contributed by atoms with Crippen LogP contribution in [0, 0.1) is 3.57 Å². The summed E-state index contributed by atoms with van der Waals surface area (Å²) in [5, 5.41) is 12.0. The van der Waals surface area contributed by atoms with Crippen LogP contribution in [0.25, 0.3) is 0 Å². The molecule has 1 aliphatic rings. The van der Waals surface area contributed by atoms with Gasteiger partial charge in [-0.3, -0.25) is 9.69 Å². The normalized spacial score (nSPS) is 15.8. The Bertz CT molecular complexity index is 547. The van der Waals surface area contributed by atoms with Crippen LogP contribution in [0.1, 0.15) is 0 Å². The number of carbonyl (C=O) groups excluding carboxylic acids is 1. The van der Waals surface area contributed by atoms with Crippen molar-refractivity contribution in [3.05, 3.63) is 26.8 Å². The maximum atomic E-state index is 12.2. The molecule has 2 rings (SSSR count). The van der Waals surface area contributed by atoms with E-state index in [-0.39, 0.29) is 12.6 Å². The first-order valence-electron chi connectivity index (χ1n) is 6.41. The molecule has 0 bridgehead atoms. The highest BCUT2D eigenvalue weighted by molar-refractivity contribution is 14.1. The van der Waals surface area contributed by atoms with Crippen LogP contribution >= 0.6 is 34.2 Å². The number of aliphatic carboxylic acids is 1. The van der Waals surface area contributed by atoms with E-state index in [9.17, 15) is 9.59 Å². The van der Waals surface area contributed by atoms with Crippen LogP contribution < -0.4 is 5.32 Å². The Labute approximate surface area is 141 Å². The van der Waals surface area contributed by atoms with Crippen molar-refractivity contribution in [2.24, 2.45) is 0 Å². The van der Waals surface area contributed by atoms with Gasteiger partial charge in [-0.2, -0.15) is 0 Å². The SMILES string of the molecule is O=C(O)CN1CCN(C(=O)Nc2ccc(I)cc2Cl)CC1. The number of piperazine rings is 1. The van der Waals surface area contributed by atoms with E-state index in [0.29, 0.717) is 36.9 Å². The van der Waals surface area contributed by atoms with Crippen molar-refractivity contribution in [2.45, 2.75) is 0 Å². The molecule has 0 saturated carbocycles. The quantitative estimate of drug-likeness (QED) is 0.731. The Morgan fingerprint density at radius 1 is 1.29 bits per heavy atom. The Balaban J connectivity index is 1.89. The number of carbonyl (C=O) groups is 2. The van der Waals surface area contributed by atoms with Gasteiger partial charge in [-0.25, -0.2) is 4.79 Å². The van der Waals surface area contributed by atoms with Gasteiger partial charge >= 0.3 is 12.0 Å². The van der Waals surface area contributed by atoms with Crippen molar-refractivity contribution >= 4 is 51.9 Å². The molecule has 0 aliphatic carbocycles. The van der Waals surface area contributed by atoms with E-state index in [1.165, 1.54) is 0 Å². The van der Waals surface area contributed by atoms with Gasteiger partial charge in [-0.05, 0) is 40.8 Å². The molecule has 1 aromatic carbocycles. The molecule has 2 amide bonds. The average Bonchev–Trinajstić information content (AvgIpc) is 2.42. The summed E-state index contributed by atoms with van der Waals surface area (Å²) in [5.74, 6) is -0.849. The summed E-state index contributed by atoms with van der Waals surface area (Å²) in [6, 6.07) is 5.20. The topological polar surface area (TPSA) is 72.9 Å². The van der Waals surface area contributed by atoms with Crippen molar-refractivity contribution in [3.63, 3.8) is 0 Å². The molecule has 1 aliphatic heterocycles. The Morgan fingerprint density at radius 2 is 1.95 bits per heavy atom. The fourth-order valence-electron chi connectivity index (χ4n) is 2.09. The number of rotatable bonds is 3. The van der Waals surface area contributed by atoms with E-state index in [0.717, 1.165) is 3.57 Å². The maximum absolute atomic E-state index is 12.2. The van der Waals surface area contributed by atoms with Crippen LogP contribution in [-0.2, 0) is 4.79 Å². The van der Waals surface area contributed by atoms with Gasteiger partial charge in [0.15, 0.2) is 0 Å². The zero-order chi connectivity index (χ0) is 15.4. The van der Waals surface area contributed by atoms with Gasteiger partial charge in [0.25, 0.3) is 0 Å². The summed E-state index contributed by atoms with van der Waals surface area (Å²) >= 11 is 8.23. The van der Waals surface area contributed by atoms with Crippen LogP contribution in [0.5, 0.6) is 0 Å². The number of anilines is 1. The number of nitrogens with zero attached hydrogens (tertiary/aromatic N) is 2. The van der Waals surface area contributed by atoms with E-state index in [1.807, 2.05) is 11.0 Å². The fourth-order valence-corrected chi connectivity index (χ4v) is 2.99. The summed E-state index contributed by atoms with van der Waals surface area (Å²) < 4.78 is 0.998. The lowest BCUT2D eigenvalue weighted by atomic mass is 10.3. The second-order valence-electron chi connectivity index (χ2n) is 4.71. The highest BCUT2D eigenvalue weighted by Crippen LogP contribution is 2.24. The molecule has 8 heteroatoms. The number of hydrogen-bond donors (Lipinski definition) is 2. The first-order chi connectivity index (χ1) is 9.95. The first-order valence-corrected chi connectivity index (χ1v) is 7.86. The zero-order valence-corrected chi connectivity index (χ0v) is 14.1. The molecule has 1 aromatic rings. The molecule has 1 fully saturated rings. The minimum absolute atomic E-state index is 0.0123. The molecule has 1 heterocycles. The number of urea groups is 1. The van der Waals surface area contributed by atoms with Crippen LogP contribution in [-0.4, -0.2) is 59.6 Å². The van der Waals surface area contributed by atoms with E-state index in [4.69, 9.17) is 16.7 Å². The molecule has 0 atom stereocenters. The van der Waals surface area contributed by atoms with E-state index < -0.39 is 5.97 Å². The molecule has 2 N–H and O–H groups in total. The van der Waals surface area contributed by atoms with Crippen molar-refractivity contribution in [2.75, 3.05) is 38.0 Å². The lowest BCUT2D eigenvalue weighted by molar-refractivity contribution is -0.138. The number of benzene rings is 1. The smallest absolute Gasteiger partial charge is 0.321 e. The molecule has 0 aromatic heterocycles. The number of amides is 2. The third-order valence-corrected chi connectivity index (χ3v) is 4.17. The third-order valence-electron chi connectivity index (χ3n) is 3.19. The summed E-state index contributed by atoms with van der Waals surface area (Å²) in [4.78, 5) is 26.3. The molecular weight excluding hydrogens is 409 g/mol. The molecule has 0 unspecified atom stereocenters. The van der Waals surface area contributed by atoms with Gasteiger partial charge in [-0.1, -0.05) is 11.6 Å². The van der Waals surface area contributed by atoms with Gasteiger partial charge < -0.3 is 15.3 Å². The van der Waals surface area contributed by atoms with E-state index >= 15 is 0 Å². The largest absolute Gasteiger partial charge is 0.480 e. The molecule has 1 saturated heterocycles. The van der Waals surface area contributed by atoms with Crippen molar-refractivity contribution in [1.82, 2.24) is 9.80 Å². The van der Waals surface area contributed by atoms with E-state index in [2.05, 4.69) is 27.9 Å². The summed E-state index contributed by atoms with van der Waals surface area (Å²) in [7, 11) is 0. The Hall–Kier alpha value is -1.06. The monoisotopic (exact) mass is 423 g/mol. The molecule has 0 radical (unpaired) electrons. The molecule has 6 nitrogen and oxygen atoms in total. The number of halogens is 2. The second-order valence-corrected chi connectivity index (χ2v) is 6.36. The van der Waals surface area contributed by atoms with Crippen LogP contribution in [0.15, 0.2) is 18.2 Å². The van der Waals surface area contributed by atoms with E-state index in [1.54, 1.807) is 17.0 Å². The molecule has 0 spiro atoms. The highest BCUT2D eigenvalue weighted by Gasteiger charge is 2.22. The third kappa shape index (κ3) is 4.72. The predicted octanol–water partition coefficient (Wildman–Crippen LogP) is 2.18. The van der Waals surface area contributed by atoms with Crippen molar-refractivity contribution < 1.29 is 14.7 Å². The van der Waals surface area contributed by atoms with Gasteiger partial charge in [0.05, 0.1) is 17.3 Å². The van der Waals surface area contributed by atoms with Crippen molar-refractivity contribution in [1.29, 1.82) is 0 Å². The average molecular weight is 424 g/mol. The maximum Gasteiger partial charge on any atom is 0.321 e. The van der Waals surface area contributed by atoms with Gasteiger partial charge in [0.1, 0.15) is 0 Å². The Kier molecular flexibility index (Phi) is 5.65. The van der Waals surface area contributed by atoms with Crippen molar-refractivity contribution in [3.8, 4) is 0 Å². The fraction of sp³-hybridized carbons (Fsp3) is 0.385. The van der Waals surface area contributed by atoms with Gasteiger partial charge in [0, 0.05) is 29.7 Å². The second kappa shape index (κ2) is 7.28. The zero-order valence-electron chi connectivity index (χ0n) is 11.2. The van der Waals surface area contributed by atoms with Gasteiger partial charge in [0.2, 0.25) is 0 Å². The lowest BCUT2D eigenvalue weighted by Gasteiger charge is -2.33. The van der Waals surface area contributed by atoms with Crippen LogP contribution in [0.2, 0.25) is 5.02 Å². The minimum atomic E-state index is -0.849. The number of carboxylic acids is 1. The summed E-state index contributed by atoms with van der Waals surface area (Å²) in [6.45, 7) is 2.13. The first kappa shape index (κ1) is 16.3. The summed E-state index contributed by atoms with van der Waals surface area (Å²) in [6.07, 6.45) is 0. The number of hydrogen-bond acceptors (Lipinski definition) is 3. The molecule has 21 heavy (non-hydrogen) atoms. The molecule has 114 valence electrons. The number of nitrogens with one attached hydrogen (secondary N) is 1. The van der Waals surface area contributed by atoms with Crippen LogP contribution in [0.3, 0.4) is 0 Å². The van der Waals surface area contributed by atoms with Gasteiger partial charge in [-0.15, -0.1) is 0 Å². The standard InChI is InChI=1S/C13H15ClIN3O3/c14-10-7-9(15)1-2-11(10)16-13(21)18-5-3-17(4-6-18)8-12(19)20/h1-2,7H,3-6,8H2,(H,16,21)(H,19,20). The molecular formula is C13H15ClIN3O3.